The number of anilines is 1. The summed E-state index contributed by atoms with van der Waals surface area (Å²) in [5.74, 6) is 0. The van der Waals surface area contributed by atoms with Gasteiger partial charge in [-0.15, -0.1) is 0 Å². The van der Waals surface area contributed by atoms with E-state index in [2.05, 4.69) is 24.0 Å². The summed E-state index contributed by atoms with van der Waals surface area (Å²) in [5.41, 5.74) is 2.95. The minimum Gasteiger partial charge on any atom is -0.376 e. The Balaban J connectivity index is 2.26. The van der Waals surface area contributed by atoms with Crippen molar-refractivity contribution in [3.63, 3.8) is 0 Å². The van der Waals surface area contributed by atoms with Gasteiger partial charge in [0.15, 0.2) is 6.29 Å². The summed E-state index contributed by atoms with van der Waals surface area (Å²) >= 11 is 0. The molecule has 1 aromatic carbocycles. The van der Waals surface area contributed by atoms with Gasteiger partial charge in [-0.2, -0.15) is 0 Å². The Labute approximate surface area is 109 Å². The molecule has 0 aromatic heterocycles. The van der Waals surface area contributed by atoms with Crippen LogP contribution in [0.5, 0.6) is 0 Å². The van der Waals surface area contributed by atoms with Crippen LogP contribution in [0.4, 0.5) is 5.69 Å². The summed E-state index contributed by atoms with van der Waals surface area (Å²) in [5, 5.41) is 0. The number of hydrogen-bond acceptors (Lipinski definition) is 3. The number of ether oxygens (including phenoxy) is 1. The van der Waals surface area contributed by atoms with E-state index in [-0.39, 0.29) is 6.10 Å². The van der Waals surface area contributed by atoms with Crippen LogP contribution < -0.4 is 4.90 Å². The van der Waals surface area contributed by atoms with Crippen LogP contribution in [0.15, 0.2) is 18.2 Å². The summed E-state index contributed by atoms with van der Waals surface area (Å²) < 4.78 is 5.77. The molecule has 3 heteroatoms. The first-order valence-electron chi connectivity index (χ1n) is 6.67. The lowest BCUT2D eigenvalue weighted by molar-refractivity contribution is 0.0664. The van der Waals surface area contributed by atoms with Crippen molar-refractivity contribution in [1.82, 2.24) is 0 Å². The first-order valence-corrected chi connectivity index (χ1v) is 6.67. The van der Waals surface area contributed by atoms with E-state index in [1.165, 1.54) is 0 Å². The van der Waals surface area contributed by atoms with E-state index in [1.54, 1.807) is 0 Å². The topological polar surface area (TPSA) is 29.5 Å². The lowest BCUT2D eigenvalue weighted by Gasteiger charge is -2.26. The molecule has 1 aromatic rings. The fourth-order valence-electron chi connectivity index (χ4n) is 2.42. The SMILES string of the molecule is CCC1CN(c2ccc(C)cc2C=O)CCCO1. The third-order valence-electron chi connectivity index (χ3n) is 3.46. The van der Waals surface area contributed by atoms with Crippen molar-refractivity contribution in [3.05, 3.63) is 29.3 Å². The van der Waals surface area contributed by atoms with Crippen LogP contribution in [-0.4, -0.2) is 32.1 Å². The molecule has 1 aliphatic rings. The van der Waals surface area contributed by atoms with E-state index in [0.29, 0.717) is 0 Å². The average molecular weight is 247 g/mol. The second-order valence-corrected chi connectivity index (χ2v) is 4.88. The molecule has 1 heterocycles. The highest BCUT2D eigenvalue weighted by atomic mass is 16.5. The number of aryl methyl sites for hydroxylation is 1. The largest absolute Gasteiger partial charge is 0.376 e. The second kappa shape index (κ2) is 6.01. The zero-order chi connectivity index (χ0) is 13.0. The van der Waals surface area contributed by atoms with Crippen LogP contribution in [0.2, 0.25) is 0 Å². The smallest absolute Gasteiger partial charge is 0.152 e. The lowest BCUT2D eigenvalue weighted by Crippen LogP contribution is -2.32. The van der Waals surface area contributed by atoms with Crippen LogP contribution in [0, 0.1) is 6.92 Å². The molecule has 1 atom stereocenters. The molecular weight excluding hydrogens is 226 g/mol. The van der Waals surface area contributed by atoms with Crippen LogP contribution >= 0.6 is 0 Å². The van der Waals surface area contributed by atoms with Gasteiger partial charge in [-0.05, 0) is 31.9 Å². The van der Waals surface area contributed by atoms with Crippen LogP contribution in [-0.2, 0) is 4.74 Å². The van der Waals surface area contributed by atoms with E-state index in [9.17, 15) is 4.79 Å². The summed E-state index contributed by atoms with van der Waals surface area (Å²) in [4.78, 5) is 13.5. The third kappa shape index (κ3) is 2.91. The van der Waals surface area contributed by atoms with E-state index in [4.69, 9.17) is 4.74 Å². The van der Waals surface area contributed by atoms with Gasteiger partial charge in [-0.1, -0.05) is 18.6 Å². The first kappa shape index (κ1) is 13.1. The molecule has 3 nitrogen and oxygen atoms in total. The highest BCUT2D eigenvalue weighted by Gasteiger charge is 2.19. The van der Waals surface area contributed by atoms with Gasteiger partial charge in [-0.25, -0.2) is 0 Å². The van der Waals surface area contributed by atoms with E-state index in [0.717, 1.165) is 55.6 Å². The Morgan fingerprint density at radius 1 is 1.50 bits per heavy atom. The average Bonchev–Trinajstić information content (AvgIpc) is 2.63. The molecule has 98 valence electrons. The van der Waals surface area contributed by atoms with Crippen molar-refractivity contribution in [2.75, 3.05) is 24.6 Å². The molecular formula is C15H21NO2. The molecule has 0 amide bonds. The molecule has 2 rings (SSSR count). The third-order valence-corrected chi connectivity index (χ3v) is 3.46. The van der Waals surface area contributed by atoms with Gasteiger partial charge in [-0.3, -0.25) is 4.79 Å². The van der Waals surface area contributed by atoms with Crippen molar-refractivity contribution in [3.8, 4) is 0 Å². The number of benzene rings is 1. The molecule has 18 heavy (non-hydrogen) atoms. The van der Waals surface area contributed by atoms with Crippen LogP contribution in [0.3, 0.4) is 0 Å². The van der Waals surface area contributed by atoms with E-state index < -0.39 is 0 Å². The molecule has 0 saturated carbocycles. The van der Waals surface area contributed by atoms with E-state index >= 15 is 0 Å². The number of aldehydes is 1. The molecule has 1 unspecified atom stereocenters. The van der Waals surface area contributed by atoms with Gasteiger partial charge in [0.05, 0.1) is 6.10 Å². The van der Waals surface area contributed by atoms with Crippen molar-refractivity contribution >= 4 is 12.0 Å². The summed E-state index contributed by atoms with van der Waals surface area (Å²) in [6.07, 6.45) is 3.25. The standard InChI is InChI=1S/C15H21NO2/c1-3-14-10-16(7-4-8-18-14)15-6-5-12(2)9-13(15)11-17/h5-6,9,11,14H,3-4,7-8,10H2,1-2H3. The molecule has 0 N–H and O–H groups in total. The summed E-state index contributed by atoms with van der Waals surface area (Å²) in [6, 6.07) is 6.07. The summed E-state index contributed by atoms with van der Waals surface area (Å²) in [7, 11) is 0. The lowest BCUT2D eigenvalue weighted by atomic mass is 10.1. The normalized spacial score (nSPS) is 20.6. The maximum atomic E-state index is 11.2. The highest BCUT2D eigenvalue weighted by molar-refractivity contribution is 5.85. The Bertz CT molecular complexity index is 417. The number of nitrogens with zero attached hydrogens (tertiary/aromatic N) is 1. The van der Waals surface area contributed by atoms with Crippen molar-refractivity contribution in [1.29, 1.82) is 0 Å². The molecule has 0 aliphatic carbocycles. The van der Waals surface area contributed by atoms with Crippen LogP contribution in [0.25, 0.3) is 0 Å². The van der Waals surface area contributed by atoms with Gasteiger partial charge in [0.25, 0.3) is 0 Å². The van der Waals surface area contributed by atoms with Crippen LogP contribution in [0.1, 0.15) is 35.7 Å². The van der Waals surface area contributed by atoms with Gasteiger partial charge in [0.2, 0.25) is 0 Å². The highest BCUT2D eigenvalue weighted by Crippen LogP contribution is 2.23. The zero-order valence-electron chi connectivity index (χ0n) is 11.2. The fraction of sp³-hybridized carbons (Fsp3) is 0.533. The molecule has 1 fully saturated rings. The molecule has 0 radical (unpaired) electrons. The summed E-state index contributed by atoms with van der Waals surface area (Å²) in [6.45, 7) is 6.80. The second-order valence-electron chi connectivity index (χ2n) is 4.88. The number of carbonyl (C=O) groups excluding carboxylic acids is 1. The van der Waals surface area contributed by atoms with E-state index in [1.807, 2.05) is 13.0 Å². The van der Waals surface area contributed by atoms with Gasteiger partial charge < -0.3 is 9.64 Å². The zero-order valence-corrected chi connectivity index (χ0v) is 11.2. The maximum absolute atomic E-state index is 11.2. The Hall–Kier alpha value is -1.35. The molecule has 1 saturated heterocycles. The predicted molar refractivity (Wildman–Crippen MR) is 73.4 cm³/mol. The van der Waals surface area contributed by atoms with Crippen molar-refractivity contribution < 1.29 is 9.53 Å². The molecule has 0 spiro atoms. The molecule has 1 aliphatic heterocycles. The Morgan fingerprint density at radius 3 is 3.06 bits per heavy atom. The maximum Gasteiger partial charge on any atom is 0.152 e. The number of hydrogen-bond donors (Lipinski definition) is 0. The monoisotopic (exact) mass is 247 g/mol. The quantitative estimate of drug-likeness (QED) is 0.769. The van der Waals surface area contributed by atoms with Gasteiger partial charge >= 0.3 is 0 Å². The first-order chi connectivity index (χ1) is 8.74. The minimum atomic E-state index is 0.272. The Kier molecular flexibility index (Phi) is 4.37. The van der Waals surface area contributed by atoms with Crippen molar-refractivity contribution in [2.45, 2.75) is 32.8 Å². The molecule has 0 bridgehead atoms. The number of rotatable bonds is 3. The van der Waals surface area contributed by atoms with Gasteiger partial charge in [0.1, 0.15) is 0 Å². The fourth-order valence-corrected chi connectivity index (χ4v) is 2.42. The van der Waals surface area contributed by atoms with Crippen molar-refractivity contribution in [2.24, 2.45) is 0 Å². The predicted octanol–water partition coefficient (Wildman–Crippen LogP) is 2.81. The van der Waals surface area contributed by atoms with Gasteiger partial charge in [0, 0.05) is 30.9 Å². The minimum absolute atomic E-state index is 0.272. The number of carbonyl (C=O) groups is 1. The Morgan fingerprint density at radius 2 is 2.33 bits per heavy atom.